The zero-order chi connectivity index (χ0) is 17.9. The van der Waals surface area contributed by atoms with Crippen LogP contribution in [0.1, 0.15) is 24.2 Å². The Balaban J connectivity index is 1.68. The van der Waals surface area contributed by atoms with Gasteiger partial charge in [0.15, 0.2) is 0 Å². The Morgan fingerprint density at radius 2 is 1.48 bits per heavy atom. The van der Waals surface area contributed by atoms with Gasteiger partial charge in [-0.2, -0.15) is 0 Å². The van der Waals surface area contributed by atoms with Gasteiger partial charge in [-0.15, -0.1) is 0 Å². The number of fused-ring (bicyclic) bond motifs is 5. The lowest BCUT2D eigenvalue weighted by atomic mass is 9.85. The molecule has 1 heterocycles. The van der Waals surface area contributed by atoms with Gasteiger partial charge in [-0.1, -0.05) is 23.3 Å². The number of anilines is 1. The number of ether oxygens (including phenoxy) is 1. The van der Waals surface area contributed by atoms with Gasteiger partial charge >= 0.3 is 5.97 Å². The fraction of sp³-hybridized carbons (Fsp3) is 0.350. The number of hydrogen-bond donors (Lipinski definition) is 0. The normalized spacial score (nSPS) is 29.4. The Kier molecular flexibility index (Phi) is 3.42. The van der Waals surface area contributed by atoms with Crippen LogP contribution in [0.15, 0.2) is 47.6 Å². The van der Waals surface area contributed by atoms with Crippen LogP contribution >= 0.6 is 0 Å². The minimum Gasteiger partial charge on any atom is -0.465 e. The highest BCUT2D eigenvalue weighted by Gasteiger charge is 2.61. The van der Waals surface area contributed by atoms with Gasteiger partial charge in [0.05, 0.1) is 30.2 Å². The number of nitrogens with zero attached hydrogens (tertiary/aromatic N) is 1. The fourth-order valence-electron chi connectivity index (χ4n) is 4.55. The van der Waals surface area contributed by atoms with E-state index < -0.39 is 5.97 Å². The molecule has 5 heteroatoms. The quantitative estimate of drug-likeness (QED) is 0.473. The number of allylic oxidation sites excluding steroid dienone is 4. The molecule has 4 rings (SSSR count). The summed E-state index contributed by atoms with van der Waals surface area (Å²) < 4.78 is 4.68. The molecular weight excluding hydrogens is 318 g/mol. The SMILES string of the molecule is COC(=O)c1ccc(N2C(=O)[C@H]3[C@H](C2=O)[C@H]2C=C[C@H]3C2=C(C)C)cc1. The van der Waals surface area contributed by atoms with Crippen molar-refractivity contribution in [2.45, 2.75) is 13.8 Å². The fourth-order valence-corrected chi connectivity index (χ4v) is 4.55. The highest BCUT2D eigenvalue weighted by atomic mass is 16.5. The summed E-state index contributed by atoms with van der Waals surface area (Å²) in [4.78, 5) is 38.8. The number of amides is 2. The number of carbonyl (C=O) groups is 3. The third-order valence-electron chi connectivity index (χ3n) is 5.54. The Morgan fingerprint density at radius 1 is 0.960 bits per heavy atom. The summed E-state index contributed by atoms with van der Waals surface area (Å²) in [6.07, 6.45) is 4.15. The molecule has 3 aliphatic rings. The maximum Gasteiger partial charge on any atom is 0.337 e. The van der Waals surface area contributed by atoms with Crippen LogP contribution in [0.4, 0.5) is 5.69 Å². The summed E-state index contributed by atoms with van der Waals surface area (Å²) in [7, 11) is 1.31. The predicted octanol–water partition coefficient (Wildman–Crippen LogP) is 2.73. The number of benzene rings is 1. The van der Waals surface area contributed by atoms with Crippen LogP contribution in [-0.4, -0.2) is 24.9 Å². The molecule has 2 aliphatic carbocycles. The molecule has 5 nitrogen and oxygen atoms in total. The average Bonchev–Trinajstić information content (AvgIpc) is 3.24. The van der Waals surface area contributed by atoms with Crippen molar-refractivity contribution in [2.24, 2.45) is 23.7 Å². The van der Waals surface area contributed by atoms with Gasteiger partial charge in [0, 0.05) is 11.8 Å². The van der Waals surface area contributed by atoms with E-state index in [1.807, 2.05) is 13.8 Å². The van der Waals surface area contributed by atoms with Crippen LogP contribution in [0.3, 0.4) is 0 Å². The van der Waals surface area contributed by atoms with Gasteiger partial charge in [0.2, 0.25) is 11.8 Å². The second-order valence-corrected chi connectivity index (χ2v) is 6.99. The van der Waals surface area contributed by atoms with Crippen molar-refractivity contribution in [3.8, 4) is 0 Å². The lowest BCUT2D eigenvalue weighted by Crippen LogP contribution is -2.33. The largest absolute Gasteiger partial charge is 0.465 e. The van der Waals surface area contributed by atoms with Crippen molar-refractivity contribution in [1.82, 2.24) is 0 Å². The van der Waals surface area contributed by atoms with Crippen molar-refractivity contribution in [3.05, 3.63) is 53.1 Å². The predicted molar refractivity (Wildman–Crippen MR) is 91.7 cm³/mol. The molecular formula is C20H19NO4. The first-order chi connectivity index (χ1) is 12.0. The molecule has 1 saturated heterocycles. The van der Waals surface area contributed by atoms with Gasteiger partial charge in [0.1, 0.15) is 0 Å². The summed E-state index contributed by atoms with van der Waals surface area (Å²) in [5.41, 5.74) is 3.33. The number of hydrogen-bond acceptors (Lipinski definition) is 4. The third kappa shape index (κ3) is 2.05. The van der Waals surface area contributed by atoms with Crippen LogP contribution in [0.2, 0.25) is 0 Å². The Hall–Kier alpha value is -2.69. The standard InChI is InChI=1S/C20H19NO4/c1-10(2)15-13-8-9-14(15)17-16(13)18(22)21(19(17)23)12-6-4-11(5-7-12)20(24)25-3/h4-9,13-14,16-17H,1-3H3/t13-,14-,16+,17+/m0/s1. The second-order valence-electron chi connectivity index (χ2n) is 6.99. The Bertz CT molecular complexity index is 811. The topological polar surface area (TPSA) is 63.7 Å². The number of rotatable bonds is 2. The average molecular weight is 337 g/mol. The molecule has 0 aromatic heterocycles. The molecule has 0 spiro atoms. The highest BCUT2D eigenvalue weighted by Crippen LogP contribution is 2.57. The van der Waals surface area contributed by atoms with Gasteiger partial charge in [-0.25, -0.2) is 9.69 Å². The molecule has 0 N–H and O–H groups in total. The number of esters is 1. The van der Waals surface area contributed by atoms with Crippen molar-refractivity contribution in [2.75, 3.05) is 12.0 Å². The molecule has 1 aromatic rings. The molecule has 4 atom stereocenters. The smallest absolute Gasteiger partial charge is 0.337 e. The van der Waals surface area contributed by atoms with Crippen molar-refractivity contribution < 1.29 is 19.1 Å². The van der Waals surface area contributed by atoms with E-state index >= 15 is 0 Å². The van der Waals surface area contributed by atoms with Crippen LogP contribution in [-0.2, 0) is 14.3 Å². The molecule has 0 unspecified atom stereocenters. The number of imide groups is 1. The highest BCUT2D eigenvalue weighted by molar-refractivity contribution is 6.23. The van der Waals surface area contributed by atoms with Crippen LogP contribution < -0.4 is 4.90 Å². The van der Waals surface area contributed by atoms with E-state index in [0.717, 1.165) is 0 Å². The first kappa shape index (κ1) is 15.8. The maximum atomic E-state index is 13.0. The van der Waals surface area contributed by atoms with E-state index in [1.54, 1.807) is 24.3 Å². The summed E-state index contributed by atoms with van der Waals surface area (Å²) >= 11 is 0. The van der Waals surface area contributed by atoms with E-state index in [9.17, 15) is 14.4 Å². The van der Waals surface area contributed by atoms with Gasteiger partial charge < -0.3 is 4.74 Å². The summed E-state index contributed by atoms with van der Waals surface area (Å²) in [5, 5.41) is 0. The lowest BCUT2D eigenvalue weighted by Gasteiger charge is -2.19. The molecule has 2 fully saturated rings. The van der Waals surface area contributed by atoms with E-state index in [4.69, 9.17) is 0 Å². The molecule has 1 aliphatic heterocycles. The minimum absolute atomic E-state index is 0.0378. The first-order valence-electron chi connectivity index (χ1n) is 8.37. The van der Waals surface area contributed by atoms with Crippen LogP contribution in [0.5, 0.6) is 0 Å². The second kappa shape index (κ2) is 5.41. The summed E-state index contributed by atoms with van der Waals surface area (Å²) in [6.45, 7) is 4.09. The Labute approximate surface area is 146 Å². The molecule has 2 amide bonds. The molecule has 128 valence electrons. The summed E-state index contributed by atoms with van der Waals surface area (Å²) in [5.74, 6) is -1.25. The maximum absolute atomic E-state index is 13.0. The minimum atomic E-state index is -0.446. The third-order valence-corrected chi connectivity index (χ3v) is 5.54. The monoisotopic (exact) mass is 337 g/mol. The Morgan fingerprint density at radius 3 is 1.92 bits per heavy atom. The molecule has 25 heavy (non-hydrogen) atoms. The van der Waals surface area contributed by atoms with E-state index in [2.05, 4.69) is 16.9 Å². The molecule has 1 aromatic carbocycles. The van der Waals surface area contributed by atoms with Crippen molar-refractivity contribution in [1.29, 1.82) is 0 Å². The van der Waals surface area contributed by atoms with Crippen molar-refractivity contribution >= 4 is 23.5 Å². The van der Waals surface area contributed by atoms with E-state index in [0.29, 0.717) is 11.3 Å². The van der Waals surface area contributed by atoms with Crippen molar-refractivity contribution in [3.63, 3.8) is 0 Å². The van der Waals surface area contributed by atoms with Gasteiger partial charge in [-0.3, -0.25) is 9.59 Å². The van der Waals surface area contributed by atoms with Gasteiger partial charge in [0.25, 0.3) is 0 Å². The number of carbonyl (C=O) groups excluding carboxylic acids is 3. The molecule has 0 radical (unpaired) electrons. The summed E-state index contributed by atoms with van der Waals surface area (Å²) in [6, 6.07) is 6.40. The lowest BCUT2D eigenvalue weighted by molar-refractivity contribution is -0.122. The first-order valence-corrected chi connectivity index (χ1v) is 8.37. The molecule has 2 bridgehead atoms. The van der Waals surface area contributed by atoms with E-state index in [1.165, 1.54) is 23.2 Å². The number of methoxy groups -OCH3 is 1. The van der Waals surface area contributed by atoms with Gasteiger partial charge in [-0.05, 0) is 38.1 Å². The zero-order valence-corrected chi connectivity index (χ0v) is 14.4. The zero-order valence-electron chi connectivity index (χ0n) is 14.4. The van der Waals surface area contributed by atoms with E-state index in [-0.39, 0.29) is 35.5 Å². The molecule has 1 saturated carbocycles. The van der Waals surface area contributed by atoms with Crippen LogP contribution in [0, 0.1) is 23.7 Å². The van der Waals surface area contributed by atoms with Crippen LogP contribution in [0.25, 0.3) is 0 Å².